The Labute approximate surface area is 84.9 Å². The minimum Gasteiger partial charge on any atom is -0.264 e. The zero-order valence-electron chi connectivity index (χ0n) is 3.47. The van der Waals surface area contributed by atoms with Crippen LogP contribution in [0, 0.1) is 0 Å². The van der Waals surface area contributed by atoms with E-state index in [2.05, 4.69) is 0 Å². The van der Waals surface area contributed by atoms with E-state index in [4.69, 9.17) is 17.5 Å². The first-order chi connectivity index (χ1) is 2.00. The first-order valence-electron chi connectivity index (χ1n) is 0.698. The van der Waals surface area contributed by atoms with Crippen LogP contribution in [0.25, 0.3) is 0 Å². The Bertz CT molecular complexity index is 99.2. The van der Waals surface area contributed by atoms with Crippen molar-refractivity contribution < 1.29 is 75.2 Å². The van der Waals surface area contributed by atoms with Crippen molar-refractivity contribution in [3.8, 4) is 0 Å². The normalized spacial score (nSPS) is 7.25. The average Bonchev–Trinajstić information content (AvgIpc) is 0.722. The first kappa shape index (κ1) is 22.6. The van der Waals surface area contributed by atoms with E-state index in [-0.39, 0.29) is 57.6 Å². The monoisotopic (exact) mass is 249 g/mol. The van der Waals surface area contributed by atoms with Crippen molar-refractivity contribution >= 4 is 10.4 Å². The number of hydrogen-bond acceptors (Lipinski definition) is 2. The molecule has 4 nitrogen and oxygen atoms in total. The maximum Gasteiger partial charge on any atom is 0.394 e. The van der Waals surface area contributed by atoms with Gasteiger partial charge in [-0.05, 0) is 0 Å². The van der Waals surface area contributed by atoms with Crippen molar-refractivity contribution in [2.45, 2.75) is 0 Å². The van der Waals surface area contributed by atoms with E-state index in [1.807, 2.05) is 0 Å². The van der Waals surface area contributed by atoms with Crippen LogP contribution in [0.1, 0.15) is 0 Å². The van der Waals surface area contributed by atoms with Gasteiger partial charge < -0.3 is 0 Å². The fourth-order valence-corrected chi connectivity index (χ4v) is 0. The quantitative estimate of drug-likeness (QED) is 0.441. The van der Waals surface area contributed by atoms with E-state index in [0.29, 0.717) is 0 Å². The maximum absolute atomic E-state index is 8.74. The van der Waals surface area contributed by atoms with Gasteiger partial charge in [0.2, 0.25) is 0 Å². The molecule has 0 aliphatic heterocycles. The Balaban J connectivity index is -0.0000000267. The summed E-state index contributed by atoms with van der Waals surface area (Å²) < 4.78 is 31.6. The molecule has 0 aliphatic rings. The maximum atomic E-state index is 8.74. The van der Waals surface area contributed by atoms with E-state index in [1.165, 1.54) is 0 Å². The van der Waals surface area contributed by atoms with Gasteiger partial charge >= 0.3 is 10.4 Å². The van der Waals surface area contributed by atoms with Crippen molar-refractivity contribution in [3.63, 3.8) is 0 Å². The molecule has 0 rings (SSSR count). The summed E-state index contributed by atoms with van der Waals surface area (Å²) in [5.74, 6) is 0. The third-order valence-electron chi connectivity index (χ3n) is 0. The van der Waals surface area contributed by atoms with Gasteiger partial charge in [-0.1, -0.05) is 0 Å². The first-order valence-corrected chi connectivity index (χ1v) is 2.10. The van der Waals surface area contributed by atoms with Gasteiger partial charge in [0.15, 0.2) is 0 Å². The molecular formula is H2CrO4STiV. The summed E-state index contributed by atoms with van der Waals surface area (Å²) in [6, 6.07) is 0. The molecule has 8 heavy (non-hydrogen) atoms. The van der Waals surface area contributed by atoms with Crippen molar-refractivity contribution in [3.05, 3.63) is 0 Å². The van der Waals surface area contributed by atoms with Gasteiger partial charge in [-0.15, -0.1) is 0 Å². The molecule has 0 aromatic rings. The van der Waals surface area contributed by atoms with Gasteiger partial charge in [-0.3, -0.25) is 9.11 Å². The minimum atomic E-state index is -4.67. The molecule has 8 heteroatoms. The van der Waals surface area contributed by atoms with Gasteiger partial charge in [0.05, 0.1) is 0 Å². The average molecular weight is 249 g/mol. The van der Waals surface area contributed by atoms with E-state index >= 15 is 0 Å². The molecule has 0 aliphatic carbocycles. The zero-order valence-corrected chi connectivity index (χ0v) is 8.52. The molecule has 0 spiro atoms. The van der Waals surface area contributed by atoms with Crippen molar-refractivity contribution in [1.82, 2.24) is 0 Å². The minimum absolute atomic E-state index is 0. The second-order valence-electron chi connectivity index (χ2n) is 0.448. The fourth-order valence-electron chi connectivity index (χ4n) is 0. The van der Waals surface area contributed by atoms with Crippen molar-refractivity contribution in [1.29, 1.82) is 0 Å². The molecule has 0 amide bonds. The molecule has 0 saturated heterocycles. The van der Waals surface area contributed by atoms with E-state index in [1.54, 1.807) is 0 Å². The second kappa shape index (κ2) is 8.70. The van der Waals surface area contributed by atoms with Gasteiger partial charge in [0.1, 0.15) is 0 Å². The summed E-state index contributed by atoms with van der Waals surface area (Å²) in [4.78, 5) is 0. The summed E-state index contributed by atoms with van der Waals surface area (Å²) in [5.41, 5.74) is 0. The van der Waals surface area contributed by atoms with Crippen LogP contribution in [0.5, 0.6) is 0 Å². The van der Waals surface area contributed by atoms with Gasteiger partial charge in [-0.25, -0.2) is 0 Å². The Hall–Kier alpha value is 1.70. The molecule has 0 saturated carbocycles. The van der Waals surface area contributed by atoms with Crippen LogP contribution in [0.4, 0.5) is 0 Å². The molecule has 0 unspecified atom stereocenters. The van der Waals surface area contributed by atoms with Crippen LogP contribution in [-0.2, 0) is 68.0 Å². The summed E-state index contributed by atoms with van der Waals surface area (Å²) >= 11 is 0. The molecule has 2 N–H and O–H groups in total. The van der Waals surface area contributed by atoms with Crippen LogP contribution in [0.3, 0.4) is 0 Å². The van der Waals surface area contributed by atoms with E-state index < -0.39 is 10.4 Å². The predicted molar refractivity (Wildman–Crippen MR) is 14.2 cm³/mol. The Morgan fingerprint density at radius 1 is 1.12 bits per heavy atom. The standard InChI is InChI=1S/Cr.H2O4S.Ti.V/c;1-5(2,3)4;;/h;(H2,1,2,3,4);;. The van der Waals surface area contributed by atoms with Crippen molar-refractivity contribution in [2.75, 3.05) is 0 Å². The molecule has 0 aromatic heterocycles. The third kappa shape index (κ3) is 119. The smallest absolute Gasteiger partial charge is 0.264 e. The predicted octanol–water partition coefficient (Wildman–Crippen LogP) is -0.660. The topological polar surface area (TPSA) is 74.6 Å². The Morgan fingerprint density at radius 2 is 1.12 bits per heavy atom. The Kier molecular flexibility index (Phi) is 24.6. The number of rotatable bonds is 0. The summed E-state index contributed by atoms with van der Waals surface area (Å²) in [6.07, 6.45) is 0. The fraction of sp³-hybridized carbons (Fsp3) is 0. The summed E-state index contributed by atoms with van der Waals surface area (Å²) in [5, 5.41) is 0. The molecule has 47 valence electrons. The second-order valence-corrected chi connectivity index (χ2v) is 1.34. The van der Waals surface area contributed by atoms with Crippen LogP contribution >= 0.6 is 0 Å². The van der Waals surface area contributed by atoms with Crippen LogP contribution < -0.4 is 0 Å². The molecule has 1 radical (unpaired) electrons. The zero-order chi connectivity index (χ0) is 4.50. The Morgan fingerprint density at radius 3 is 1.12 bits per heavy atom. The molecular weight excluding hydrogens is 247 g/mol. The molecule has 0 atom stereocenters. The van der Waals surface area contributed by atoms with Crippen LogP contribution in [0.15, 0.2) is 0 Å². The third-order valence-corrected chi connectivity index (χ3v) is 0. The van der Waals surface area contributed by atoms with E-state index in [0.717, 1.165) is 0 Å². The van der Waals surface area contributed by atoms with Gasteiger partial charge in [0, 0.05) is 57.6 Å². The van der Waals surface area contributed by atoms with Gasteiger partial charge in [0.25, 0.3) is 0 Å². The summed E-state index contributed by atoms with van der Waals surface area (Å²) in [6.45, 7) is 0. The SMILES string of the molecule is O=S(=O)(O)O.[Cr].[Ti].[V]. The molecule has 0 fully saturated rings. The molecule has 0 bridgehead atoms. The molecule has 0 aromatic carbocycles. The van der Waals surface area contributed by atoms with Crippen LogP contribution in [-0.4, -0.2) is 17.5 Å². The van der Waals surface area contributed by atoms with Gasteiger partial charge in [-0.2, -0.15) is 8.42 Å². The summed E-state index contributed by atoms with van der Waals surface area (Å²) in [7, 11) is -4.67. The van der Waals surface area contributed by atoms with E-state index in [9.17, 15) is 0 Å². The van der Waals surface area contributed by atoms with Crippen molar-refractivity contribution in [2.24, 2.45) is 0 Å². The molecule has 0 heterocycles. The largest absolute Gasteiger partial charge is 0.394 e. The van der Waals surface area contributed by atoms with Crippen LogP contribution in [0.2, 0.25) is 0 Å². The number of hydrogen-bond donors (Lipinski definition) is 2.